The number of hydrogen-bond donors (Lipinski definition) is 1. The summed E-state index contributed by atoms with van der Waals surface area (Å²) in [6.45, 7) is 1.43. The maximum absolute atomic E-state index is 5.38. The molecule has 0 aliphatic rings. The van der Waals surface area contributed by atoms with E-state index in [9.17, 15) is 0 Å². The highest BCUT2D eigenvalue weighted by Crippen LogP contribution is 2.23. The molecular formula is C12H14N2OS2. The number of para-hydroxylation sites is 1. The molecule has 2 aromatic rings. The molecule has 0 saturated heterocycles. The highest BCUT2D eigenvalue weighted by molar-refractivity contribution is 7.99. The van der Waals surface area contributed by atoms with Crippen molar-refractivity contribution >= 4 is 35.3 Å². The second-order valence-electron chi connectivity index (χ2n) is 3.38. The molecule has 0 fully saturated rings. The van der Waals surface area contributed by atoms with Crippen molar-refractivity contribution < 1.29 is 4.74 Å². The van der Waals surface area contributed by atoms with Gasteiger partial charge in [-0.05, 0) is 6.07 Å². The Labute approximate surface area is 110 Å². The highest BCUT2D eigenvalue weighted by Gasteiger charge is 2.02. The fourth-order valence-corrected chi connectivity index (χ4v) is 2.43. The molecule has 0 N–H and O–H groups in total. The van der Waals surface area contributed by atoms with Crippen LogP contribution in [0.25, 0.3) is 10.9 Å². The van der Waals surface area contributed by atoms with Gasteiger partial charge in [0.25, 0.3) is 0 Å². The van der Waals surface area contributed by atoms with E-state index < -0.39 is 0 Å². The largest absolute Gasteiger partial charge is 0.380 e. The normalized spacial score (nSPS) is 10.9. The van der Waals surface area contributed by atoms with Crippen LogP contribution in [0.4, 0.5) is 0 Å². The Balaban J connectivity index is 1.98. The molecule has 0 saturated carbocycles. The Morgan fingerprint density at radius 1 is 1.18 bits per heavy atom. The van der Waals surface area contributed by atoms with Crippen LogP contribution in [0.5, 0.6) is 0 Å². The second-order valence-corrected chi connectivity index (χ2v) is 4.91. The first-order chi connectivity index (χ1) is 8.42. The number of hydrogen-bond acceptors (Lipinski definition) is 5. The molecule has 0 aliphatic heterocycles. The molecule has 1 heterocycles. The van der Waals surface area contributed by atoms with Gasteiger partial charge in [0.15, 0.2) is 0 Å². The van der Waals surface area contributed by atoms with Crippen molar-refractivity contribution in [2.24, 2.45) is 0 Å². The van der Waals surface area contributed by atoms with Gasteiger partial charge in [-0.2, -0.15) is 12.6 Å². The minimum atomic E-state index is 0.703. The maximum atomic E-state index is 5.38. The standard InChI is InChI=1S/C12H14N2OS2/c16-7-5-15-6-8-17-12-10-3-1-2-4-11(10)13-9-14-12/h1-4,9,16H,5-8H2. The molecule has 2 rings (SSSR count). The van der Waals surface area contributed by atoms with Crippen LogP contribution in [0.3, 0.4) is 0 Å². The molecule has 90 valence electrons. The Kier molecular flexibility index (Phi) is 5.09. The fraction of sp³-hybridized carbons (Fsp3) is 0.333. The van der Waals surface area contributed by atoms with Gasteiger partial charge < -0.3 is 4.74 Å². The zero-order valence-corrected chi connectivity index (χ0v) is 11.1. The van der Waals surface area contributed by atoms with E-state index in [0.29, 0.717) is 6.61 Å². The summed E-state index contributed by atoms with van der Waals surface area (Å²) in [6, 6.07) is 8.04. The average molecular weight is 266 g/mol. The van der Waals surface area contributed by atoms with Gasteiger partial charge in [-0.25, -0.2) is 9.97 Å². The first-order valence-corrected chi connectivity index (χ1v) is 7.05. The molecule has 0 atom stereocenters. The molecule has 17 heavy (non-hydrogen) atoms. The topological polar surface area (TPSA) is 35.0 Å². The first kappa shape index (κ1) is 12.7. The summed E-state index contributed by atoms with van der Waals surface area (Å²) >= 11 is 5.79. The van der Waals surface area contributed by atoms with Crippen LogP contribution in [0.2, 0.25) is 0 Å². The third kappa shape index (κ3) is 3.59. The molecule has 0 aliphatic carbocycles. The number of nitrogens with zero attached hydrogens (tertiary/aromatic N) is 2. The predicted molar refractivity (Wildman–Crippen MR) is 74.9 cm³/mol. The third-order valence-corrected chi connectivity index (χ3v) is 3.36. The highest BCUT2D eigenvalue weighted by atomic mass is 32.2. The van der Waals surface area contributed by atoms with E-state index in [0.717, 1.165) is 34.0 Å². The quantitative estimate of drug-likeness (QED) is 0.377. The van der Waals surface area contributed by atoms with Crippen molar-refractivity contribution in [3.8, 4) is 0 Å². The molecule has 0 spiro atoms. The van der Waals surface area contributed by atoms with Crippen LogP contribution in [0.1, 0.15) is 0 Å². The number of ether oxygens (including phenoxy) is 1. The van der Waals surface area contributed by atoms with E-state index in [-0.39, 0.29) is 0 Å². The zero-order valence-electron chi connectivity index (χ0n) is 9.37. The van der Waals surface area contributed by atoms with E-state index in [1.54, 1.807) is 18.1 Å². The minimum absolute atomic E-state index is 0.703. The molecule has 1 aromatic heterocycles. The van der Waals surface area contributed by atoms with Crippen molar-refractivity contribution in [2.45, 2.75) is 5.03 Å². The molecule has 0 bridgehead atoms. The number of fused-ring (bicyclic) bond motifs is 1. The van der Waals surface area contributed by atoms with Gasteiger partial charge in [-0.3, -0.25) is 0 Å². The molecule has 5 heteroatoms. The maximum Gasteiger partial charge on any atom is 0.117 e. The number of thiol groups is 1. The molecule has 1 aromatic carbocycles. The summed E-state index contributed by atoms with van der Waals surface area (Å²) in [7, 11) is 0. The SMILES string of the molecule is SCCOCCSc1ncnc2ccccc12. The van der Waals surface area contributed by atoms with E-state index in [1.165, 1.54) is 0 Å². The lowest BCUT2D eigenvalue weighted by Crippen LogP contribution is -2.00. The molecule has 0 unspecified atom stereocenters. The van der Waals surface area contributed by atoms with Crippen LogP contribution in [0, 0.1) is 0 Å². The minimum Gasteiger partial charge on any atom is -0.380 e. The van der Waals surface area contributed by atoms with Gasteiger partial charge >= 0.3 is 0 Å². The van der Waals surface area contributed by atoms with Crippen LogP contribution in [0.15, 0.2) is 35.6 Å². The van der Waals surface area contributed by atoms with Gasteiger partial charge in [0, 0.05) is 16.9 Å². The van der Waals surface area contributed by atoms with E-state index in [2.05, 4.69) is 22.6 Å². The third-order valence-electron chi connectivity index (χ3n) is 2.21. The van der Waals surface area contributed by atoms with Crippen LogP contribution < -0.4 is 0 Å². The van der Waals surface area contributed by atoms with E-state index in [1.807, 2.05) is 24.3 Å². The lowest BCUT2D eigenvalue weighted by Gasteiger charge is -2.04. The molecule has 0 radical (unpaired) electrons. The van der Waals surface area contributed by atoms with Crippen molar-refractivity contribution in [3.05, 3.63) is 30.6 Å². The molecule has 0 amide bonds. The Hall–Kier alpha value is -0.780. The summed E-state index contributed by atoms with van der Waals surface area (Å²) < 4.78 is 5.38. The summed E-state index contributed by atoms with van der Waals surface area (Å²) in [6.07, 6.45) is 1.61. The van der Waals surface area contributed by atoms with E-state index >= 15 is 0 Å². The fourth-order valence-electron chi connectivity index (χ4n) is 1.46. The van der Waals surface area contributed by atoms with E-state index in [4.69, 9.17) is 4.74 Å². The summed E-state index contributed by atoms with van der Waals surface area (Å²) in [5.74, 6) is 1.66. The van der Waals surface area contributed by atoms with Gasteiger partial charge in [0.1, 0.15) is 11.4 Å². The molecule has 3 nitrogen and oxygen atoms in total. The lowest BCUT2D eigenvalue weighted by molar-refractivity contribution is 0.167. The van der Waals surface area contributed by atoms with Gasteiger partial charge in [0.2, 0.25) is 0 Å². The zero-order chi connectivity index (χ0) is 11.9. The smallest absolute Gasteiger partial charge is 0.117 e. The number of thioether (sulfide) groups is 1. The Morgan fingerprint density at radius 2 is 2.06 bits per heavy atom. The number of benzene rings is 1. The van der Waals surface area contributed by atoms with Gasteiger partial charge in [-0.15, -0.1) is 11.8 Å². The number of aromatic nitrogens is 2. The van der Waals surface area contributed by atoms with Crippen LogP contribution in [-0.2, 0) is 4.74 Å². The summed E-state index contributed by atoms with van der Waals surface area (Å²) in [4.78, 5) is 8.54. The Morgan fingerprint density at radius 3 is 2.94 bits per heavy atom. The summed E-state index contributed by atoms with van der Waals surface area (Å²) in [5.41, 5.74) is 0.987. The number of rotatable bonds is 6. The monoisotopic (exact) mass is 266 g/mol. The van der Waals surface area contributed by atoms with Crippen molar-refractivity contribution in [1.29, 1.82) is 0 Å². The van der Waals surface area contributed by atoms with Gasteiger partial charge in [0.05, 0.1) is 18.7 Å². The van der Waals surface area contributed by atoms with Crippen molar-refractivity contribution in [1.82, 2.24) is 9.97 Å². The second kappa shape index (κ2) is 6.83. The van der Waals surface area contributed by atoms with Crippen molar-refractivity contribution in [3.63, 3.8) is 0 Å². The first-order valence-electron chi connectivity index (χ1n) is 5.43. The van der Waals surface area contributed by atoms with Crippen molar-refractivity contribution in [2.75, 3.05) is 24.7 Å². The van der Waals surface area contributed by atoms with Crippen LogP contribution >= 0.6 is 24.4 Å². The summed E-state index contributed by atoms with van der Waals surface area (Å²) in [5, 5.41) is 2.12. The van der Waals surface area contributed by atoms with Crippen LogP contribution in [-0.4, -0.2) is 34.7 Å². The average Bonchev–Trinajstić information content (AvgIpc) is 2.39. The van der Waals surface area contributed by atoms with Gasteiger partial charge in [-0.1, -0.05) is 18.2 Å². The Bertz CT molecular complexity index is 474. The predicted octanol–water partition coefficient (Wildman–Crippen LogP) is 2.67. The molecular weight excluding hydrogens is 252 g/mol. The lowest BCUT2D eigenvalue weighted by atomic mass is 10.2.